The average Bonchev–Trinajstić information content (AvgIpc) is 3.04. The first-order valence-corrected chi connectivity index (χ1v) is 8.68. The molecule has 0 saturated heterocycles. The van der Waals surface area contributed by atoms with Crippen molar-refractivity contribution in [2.75, 3.05) is 5.32 Å². The molecule has 5 nitrogen and oxygen atoms in total. The molecular formula is C21H19F2NO4. The molecule has 0 radical (unpaired) electrons. The van der Waals surface area contributed by atoms with Crippen LogP contribution < -0.4 is 5.32 Å². The van der Waals surface area contributed by atoms with E-state index in [9.17, 15) is 18.4 Å². The number of anilines is 1. The van der Waals surface area contributed by atoms with Crippen LogP contribution in [0.5, 0.6) is 0 Å². The smallest absolute Gasteiger partial charge is 0.311 e. The number of halogens is 2. The normalized spacial score (nSPS) is 12.0. The summed E-state index contributed by atoms with van der Waals surface area (Å²) < 4.78 is 37.9. The van der Waals surface area contributed by atoms with Crippen LogP contribution in [0.3, 0.4) is 0 Å². The fraction of sp³-hybridized carbons (Fsp3) is 0.238. The van der Waals surface area contributed by atoms with Gasteiger partial charge >= 0.3 is 5.97 Å². The molecule has 3 aromatic rings. The van der Waals surface area contributed by atoms with Crippen LogP contribution >= 0.6 is 0 Å². The Balaban J connectivity index is 1.66. The van der Waals surface area contributed by atoms with Gasteiger partial charge in [0.1, 0.15) is 22.9 Å². The third-order valence-corrected chi connectivity index (χ3v) is 4.56. The number of carbonyl (C=O) groups excluding carboxylic acids is 2. The minimum absolute atomic E-state index is 0.0961. The predicted octanol–water partition coefficient (Wildman–Crippen LogP) is 4.44. The molecule has 3 rings (SSSR count). The van der Waals surface area contributed by atoms with Crippen LogP contribution in [-0.4, -0.2) is 18.0 Å². The largest absolute Gasteiger partial charge is 0.464 e. The number of amides is 1. The zero-order chi connectivity index (χ0) is 20.4. The van der Waals surface area contributed by atoms with Crippen molar-refractivity contribution in [1.29, 1.82) is 0 Å². The molecule has 0 saturated carbocycles. The van der Waals surface area contributed by atoms with Gasteiger partial charge in [-0.15, -0.1) is 0 Å². The molecule has 28 heavy (non-hydrogen) atoms. The Bertz CT molecular complexity index is 1040. The van der Waals surface area contributed by atoms with Gasteiger partial charge in [-0.05, 0) is 44.0 Å². The zero-order valence-electron chi connectivity index (χ0n) is 15.6. The van der Waals surface area contributed by atoms with Gasteiger partial charge in [0.05, 0.1) is 12.7 Å². The SMILES string of the molecule is Cc1ccc2c(CC(=O)O[C@H](C)C(=O)Nc3c(F)cccc3F)coc2c1C. The number of para-hydroxylation sites is 1. The topological polar surface area (TPSA) is 68.5 Å². The number of nitrogens with one attached hydrogen (secondary N) is 1. The summed E-state index contributed by atoms with van der Waals surface area (Å²) in [7, 11) is 0. The lowest BCUT2D eigenvalue weighted by molar-refractivity contribution is -0.152. The molecule has 1 N–H and O–H groups in total. The van der Waals surface area contributed by atoms with Crippen molar-refractivity contribution in [3.05, 3.63) is 64.9 Å². The summed E-state index contributed by atoms with van der Waals surface area (Å²) in [6, 6.07) is 7.01. The Morgan fingerprint density at radius 3 is 2.50 bits per heavy atom. The van der Waals surface area contributed by atoms with E-state index >= 15 is 0 Å². The summed E-state index contributed by atoms with van der Waals surface area (Å²) in [5, 5.41) is 2.90. The first-order chi connectivity index (χ1) is 13.3. The van der Waals surface area contributed by atoms with Crippen LogP contribution in [0.2, 0.25) is 0 Å². The Kier molecular flexibility index (Phi) is 5.44. The van der Waals surface area contributed by atoms with Crippen molar-refractivity contribution in [2.45, 2.75) is 33.3 Å². The number of esters is 1. The van der Waals surface area contributed by atoms with Crippen molar-refractivity contribution in [3.8, 4) is 0 Å². The number of rotatable bonds is 5. The fourth-order valence-corrected chi connectivity index (χ4v) is 2.82. The van der Waals surface area contributed by atoms with Crippen LogP contribution in [0.15, 0.2) is 41.0 Å². The minimum atomic E-state index is -1.23. The van der Waals surface area contributed by atoms with Gasteiger partial charge < -0.3 is 14.5 Å². The Morgan fingerprint density at radius 2 is 1.82 bits per heavy atom. The maximum absolute atomic E-state index is 13.6. The van der Waals surface area contributed by atoms with Crippen LogP contribution in [0.25, 0.3) is 11.0 Å². The predicted molar refractivity (Wildman–Crippen MR) is 99.9 cm³/mol. The lowest BCUT2D eigenvalue weighted by atomic mass is 10.0. The molecule has 146 valence electrons. The van der Waals surface area contributed by atoms with E-state index in [1.54, 1.807) is 0 Å². The minimum Gasteiger partial charge on any atom is -0.464 e. The van der Waals surface area contributed by atoms with Crippen molar-refractivity contribution < 1.29 is 27.5 Å². The zero-order valence-corrected chi connectivity index (χ0v) is 15.6. The highest BCUT2D eigenvalue weighted by molar-refractivity contribution is 5.95. The van der Waals surface area contributed by atoms with Gasteiger partial charge in [-0.25, -0.2) is 8.78 Å². The number of carbonyl (C=O) groups is 2. The van der Waals surface area contributed by atoms with E-state index in [0.717, 1.165) is 28.6 Å². The second kappa shape index (κ2) is 7.80. The summed E-state index contributed by atoms with van der Waals surface area (Å²) in [6.45, 7) is 5.22. The number of benzene rings is 2. The van der Waals surface area contributed by atoms with Gasteiger partial charge in [0.25, 0.3) is 5.91 Å². The van der Waals surface area contributed by atoms with Gasteiger partial charge in [0, 0.05) is 10.9 Å². The molecule has 7 heteroatoms. The number of fused-ring (bicyclic) bond motifs is 1. The number of hydrogen-bond donors (Lipinski definition) is 1. The Hall–Kier alpha value is -3.22. The first kappa shape index (κ1) is 19.5. The van der Waals surface area contributed by atoms with Crippen LogP contribution in [0.4, 0.5) is 14.5 Å². The standard InChI is InChI=1S/C21H19F2NO4/c1-11-7-8-15-14(10-27-20(15)12(11)2)9-18(25)28-13(3)21(26)24-19-16(22)5-4-6-17(19)23/h4-8,10,13H,9H2,1-3H3,(H,24,26)/t13-/m1/s1. The lowest BCUT2D eigenvalue weighted by Gasteiger charge is -2.14. The molecule has 1 heterocycles. The van der Waals surface area contributed by atoms with Crippen LogP contribution in [0.1, 0.15) is 23.6 Å². The molecule has 0 aliphatic carbocycles. The van der Waals surface area contributed by atoms with E-state index in [1.807, 2.05) is 26.0 Å². The molecule has 2 aromatic carbocycles. The first-order valence-electron chi connectivity index (χ1n) is 8.68. The molecule has 0 bridgehead atoms. The highest BCUT2D eigenvalue weighted by Gasteiger charge is 2.22. The average molecular weight is 387 g/mol. The monoisotopic (exact) mass is 387 g/mol. The molecular weight excluding hydrogens is 368 g/mol. The molecule has 1 amide bonds. The molecule has 0 aliphatic rings. The van der Waals surface area contributed by atoms with Gasteiger partial charge in [-0.1, -0.05) is 18.2 Å². The molecule has 0 spiro atoms. The quantitative estimate of drug-likeness (QED) is 0.657. The highest BCUT2D eigenvalue weighted by atomic mass is 19.1. The Labute approximate surface area is 160 Å². The number of furan rings is 1. The van der Waals surface area contributed by atoms with Crippen molar-refractivity contribution >= 4 is 28.5 Å². The summed E-state index contributed by atoms with van der Waals surface area (Å²) in [6.07, 6.45) is 0.160. The maximum Gasteiger partial charge on any atom is 0.311 e. The third-order valence-electron chi connectivity index (χ3n) is 4.56. The maximum atomic E-state index is 13.6. The van der Waals surface area contributed by atoms with Crippen LogP contribution in [-0.2, 0) is 20.7 Å². The van der Waals surface area contributed by atoms with Crippen molar-refractivity contribution in [2.24, 2.45) is 0 Å². The molecule has 1 atom stereocenters. The summed E-state index contributed by atoms with van der Waals surface area (Å²) in [4.78, 5) is 24.3. The van der Waals surface area contributed by atoms with E-state index in [2.05, 4.69) is 5.32 Å². The summed E-state index contributed by atoms with van der Waals surface area (Å²) in [5.41, 5.74) is 2.81. The number of aryl methyl sites for hydroxylation is 2. The fourth-order valence-electron chi connectivity index (χ4n) is 2.82. The molecule has 0 fully saturated rings. The van der Waals surface area contributed by atoms with Gasteiger partial charge in [-0.3, -0.25) is 9.59 Å². The summed E-state index contributed by atoms with van der Waals surface area (Å²) in [5.74, 6) is -3.32. The molecule has 1 aromatic heterocycles. The second-order valence-corrected chi connectivity index (χ2v) is 6.54. The Morgan fingerprint density at radius 1 is 1.14 bits per heavy atom. The second-order valence-electron chi connectivity index (χ2n) is 6.54. The van der Waals surface area contributed by atoms with Crippen molar-refractivity contribution in [3.63, 3.8) is 0 Å². The van der Waals surface area contributed by atoms with Gasteiger partial charge in [0.2, 0.25) is 0 Å². The number of hydrogen-bond acceptors (Lipinski definition) is 4. The molecule has 0 aliphatic heterocycles. The van der Waals surface area contributed by atoms with E-state index in [4.69, 9.17) is 9.15 Å². The van der Waals surface area contributed by atoms with E-state index < -0.39 is 35.3 Å². The van der Waals surface area contributed by atoms with Gasteiger partial charge in [0.15, 0.2) is 6.10 Å². The lowest BCUT2D eigenvalue weighted by Crippen LogP contribution is -2.31. The van der Waals surface area contributed by atoms with E-state index in [-0.39, 0.29) is 6.42 Å². The van der Waals surface area contributed by atoms with E-state index in [1.165, 1.54) is 19.3 Å². The van der Waals surface area contributed by atoms with Gasteiger partial charge in [-0.2, -0.15) is 0 Å². The van der Waals surface area contributed by atoms with Crippen molar-refractivity contribution in [1.82, 2.24) is 0 Å². The van der Waals surface area contributed by atoms with E-state index in [0.29, 0.717) is 11.1 Å². The number of ether oxygens (including phenoxy) is 1. The highest BCUT2D eigenvalue weighted by Crippen LogP contribution is 2.27. The molecule has 0 unspecified atom stereocenters. The van der Waals surface area contributed by atoms with Crippen LogP contribution in [0, 0.1) is 25.5 Å². The third kappa shape index (κ3) is 3.88. The summed E-state index contributed by atoms with van der Waals surface area (Å²) >= 11 is 0.